The maximum absolute atomic E-state index is 9.19. The van der Waals surface area contributed by atoms with Crippen LogP contribution in [0, 0.1) is 5.92 Å². The molecular formula is C11H18BrNOS. The summed E-state index contributed by atoms with van der Waals surface area (Å²) in [5, 5.41) is 14.6. The largest absolute Gasteiger partial charge is 0.395 e. The van der Waals surface area contributed by atoms with Gasteiger partial charge in [0.05, 0.1) is 6.61 Å². The third-order valence-electron chi connectivity index (χ3n) is 2.16. The molecule has 1 atom stereocenters. The smallest absolute Gasteiger partial charge is 0.0584 e. The number of nitrogens with one attached hydrogen (secondary N) is 1. The Kier molecular flexibility index (Phi) is 5.82. The molecule has 1 heterocycles. The van der Waals surface area contributed by atoms with Crippen molar-refractivity contribution in [3.63, 3.8) is 0 Å². The second-order valence-corrected chi connectivity index (χ2v) is 6.03. The fourth-order valence-electron chi connectivity index (χ4n) is 1.48. The topological polar surface area (TPSA) is 32.3 Å². The molecule has 0 aromatic carbocycles. The van der Waals surface area contributed by atoms with Crippen molar-refractivity contribution in [2.24, 2.45) is 5.92 Å². The summed E-state index contributed by atoms with van der Waals surface area (Å²) in [5.74, 6) is 0.615. The van der Waals surface area contributed by atoms with E-state index in [1.165, 1.54) is 4.88 Å². The van der Waals surface area contributed by atoms with Crippen LogP contribution in [-0.4, -0.2) is 17.8 Å². The zero-order chi connectivity index (χ0) is 11.3. The molecule has 0 saturated heterocycles. The summed E-state index contributed by atoms with van der Waals surface area (Å²) in [4.78, 5) is 1.30. The van der Waals surface area contributed by atoms with Crippen LogP contribution in [0.4, 0.5) is 0 Å². The molecule has 0 aliphatic rings. The lowest BCUT2D eigenvalue weighted by molar-refractivity contribution is 0.224. The minimum absolute atomic E-state index is 0.213. The van der Waals surface area contributed by atoms with Gasteiger partial charge < -0.3 is 10.4 Å². The number of hydrogen-bond acceptors (Lipinski definition) is 3. The van der Waals surface area contributed by atoms with Crippen LogP contribution < -0.4 is 5.32 Å². The average Bonchev–Trinajstić information content (AvgIpc) is 2.58. The summed E-state index contributed by atoms with van der Waals surface area (Å²) in [6.45, 7) is 5.40. The number of thiophene rings is 1. The highest BCUT2D eigenvalue weighted by molar-refractivity contribution is 9.10. The van der Waals surface area contributed by atoms with E-state index in [0.717, 1.165) is 17.4 Å². The number of halogens is 1. The standard InChI is InChI=1S/C11H18BrNOS/c1-8(2)3-10(6-14)13-5-11-4-9(12)7-15-11/h4,7-8,10,13-14H,3,5-6H2,1-2H3. The minimum Gasteiger partial charge on any atom is -0.395 e. The Hall–Kier alpha value is 0.1000. The molecule has 1 rings (SSSR count). The summed E-state index contributed by atoms with van der Waals surface area (Å²) in [5.41, 5.74) is 0. The Morgan fingerprint density at radius 2 is 2.27 bits per heavy atom. The Morgan fingerprint density at radius 1 is 1.53 bits per heavy atom. The van der Waals surface area contributed by atoms with Crippen LogP contribution in [0.15, 0.2) is 15.9 Å². The normalized spacial score (nSPS) is 13.4. The minimum atomic E-state index is 0.213. The molecule has 0 saturated carbocycles. The van der Waals surface area contributed by atoms with E-state index >= 15 is 0 Å². The van der Waals surface area contributed by atoms with E-state index in [-0.39, 0.29) is 12.6 Å². The molecule has 0 fully saturated rings. The lowest BCUT2D eigenvalue weighted by atomic mass is 10.0. The predicted octanol–water partition coefficient (Wildman–Crippen LogP) is 3.01. The number of hydrogen-bond donors (Lipinski definition) is 2. The molecule has 2 nitrogen and oxygen atoms in total. The van der Waals surface area contributed by atoms with Gasteiger partial charge in [-0.15, -0.1) is 11.3 Å². The Morgan fingerprint density at radius 3 is 2.73 bits per heavy atom. The van der Waals surface area contributed by atoms with Crippen molar-refractivity contribution >= 4 is 27.3 Å². The first-order chi connectivity index (χ1) is 7.11. The van der Waals surface area contributed by atoms with Crippen molar-refractivity contribution in [2.45, 2.75) is 32.9 Å². The Bertz CT molecular complexity index is 288. The summed E-state index contributed by atoms with van der Waals surface area (Å²) >= 11 is 5.16. The fraction of sp³-hybridized carbons (Fsp3) is 0.636. The molecule has 0 aliphatic carbocycles. The summed E-state index contributed by atoms with van der Waals surface area (Å²) in [7, 11) is 0. The van der Waals surface area contributed by atoms with E-state index in [1.807, 2.05) is 0 Å². The van der Waals surface area contributed by atoms with Crippen molar-refractivity contribution in [1.29, 1.82) is 0 Å². The summed E-state index contributed by atoms with van der Waals surface area (Å²) < 4.78 is 1.13. The first kappa shape index (κ1) is 13.2. The summed E-state index contributed by atoms with van der Waals surface area (Å²) in [6.07, 6.45) is 1.02. The van der Waals surface area contributed by atoms with Crippen LogP contribution in [0.1, 0.15) is 25.1 Å². The van der Waals surface area contributed by atoms with Gasteiger partial charge in [0.15, 0.2) is 0 Å². The highest BCUT2D eigenvalue weighted by atomic mass is 79.9. The third kappa shape index (κ3) is 5.11. The molecule has 86 valence electrons. The van der Waals surface area contributed by atoms with Crippen LogP contribution in [0.5, 0.6) is 0 Å². The van der Waals surface area contributed by atoms with Crippen LogP contribution in [0.3, 0.4) is 0 Å². The van der Waals surface area contributed by atoms with Crippen molar-refractivity contribution < 1.29 is 5.11 Å². The van der Waals surface area contributed by atoms with E-state index in [2.05, 4.69) is 46.5 Å². The molecule has 1 aromatic rings. The third-order valence-corrected chi connectivity index (χ3v) is 3.86. The van der Waals surface area contributed by atoms with Crippen molar-refractivity contribution in [2.75, 3.05) is 6.61 Å². The maximum atomic E-state index is 9.19. The van der Waals surface area contributed by atoms with Gasteiger partial charge in [0.1, 0.15) is 0 Å². The highest BCUT2D eigenvalue weighted by Crippen LogP contribution is 2.19. The zero-order valence-corrected chi connectivity index (χ0v) is 11.6. The van der Waals surface area contributed by atoms with Crippen molar-refractivity contribution in [1.82, 2.24) is 5.32 Å². The SMILES string of the molecule is CC(C)CC(CO)NCc1cc(Br)cs1. The van der Waals surface area contributed by atoms with Crippen LogP contribution >= 0.6 is 27.3 Å². The molecule has 0 radical (unpaired) electrons. The number of rotatable bonds is 6. The van der Waals surface area contributed by atoms with Gasteiger partial charge in [-0.25, -0.2) is 0 Å². The van der Waals surface area contributed by atoms with Crippen LogP contribution in [-0.2, 0) is 6.54 Å². The molecule has 2 N–H and O–H groups in total. The molecule has 1 unspecified atom stereocenters. The lowest BCUT2D eigenvalue weighted by Gasteiger charge is -2.17. The van der Waals surface area contributed by atoms with Gasteiger partial charge >= 0.3 is 0 Å². The van der Waals surface area contributed by atoms with Gasteiger partial charge in [-0.1, -0.05) is 13.8 Å². The fourth-order valence-corrected chi connectivity index (χ4v) is 2.88. The predicted molar refractivity (Wildman–Crippen MR) is 69.2 cm³/mol. The van der Waals surface area contributed by atoms with Gasteiger partial charge in [0, 0.05) is 27.3 Å². The molecule has 0 amide bonds. The van der Waals surface area contributed by atoms with Crippen molar-refractivity contribution in [3.05, 3.63) is 20.8 Å². The maximum Gasteiger partial charge on any atom is 0.0584 e. The molecule has 0 aliphatic heterocycles. The molecular weight excluding hydrogens is 274 g/mol. The Labute approximate surface area is 104 Å². The van der Waals surface area contributed by atoms with E-state index in [0.29, 0.717) is 5.92 Å². The van der Waals surface area contributed by atoms with Gasteiger partial charge in [-0.05, 0) is 34.3 Å². The van der Waals surface area contributed by atoms with Crippen molar-refractivity contribution in [3.8, 4) is 0 Å². The van der Waals surface area contributed by atoms with Gasteiger partial charge in [-0.3, -0.25) is 0 Å². The lowest BCUT2D eigenvalue weighted by Crippen LogP contribution is -2.32. The molecule has 15 heavy (non-hydrogen) atoms. The molecule has 0 spiro atoms. The van der Waals surface area contributed by atoms with E-state index in [4.69, 9.17) is 0 Å². The Balaban J connectivity index is 2.34. The molecule has 4 heteroatoms. The van der Waals surface area contributed by atoms with Crippen LogP contribution in [0.25, 0.3) is 0 Å². The van der Waals surface area contributed by atoms with E-state index in [1.54, 1.807) is 11.3 Å². The van der Waals surface area contributed by atoms with Gasteiger partial charge in [0.25, 0.3) is 0 Å². The zero-order valence-electron chi connectivity index (χ0n) is 9.16. The molecule has 0 bridgehead atoms. The van der Waals surface area contributed by atoms with E-state index < -0.39 is 0 Å². The number of aliphatic hydroxyl groups excluding tert-OH is 1. The summed E-state index contributed by atoms with van der Waals surface area (Å²) in [6, 6.07) is 2.33. The van der Waals surface area contributed by atoms with E-state index in [9.17, 15) is 5.11 Å². The first-order valence-corrected chi connectivity index (χ1v) is 6.86. The first-order valence-electron chi connectivity index (χ1n) is 5.19. The van der Waals surface area contributed by atoms with Gasteiger partial charge in [-0.2, -0.15) is 0 Å². The van der Waals surface area contributed by atoms with Crippen LogP contribution in [0.2, 0.25) is 0 Å². The quantitative estimate of drug-likeness (QED) is 0.845. The monoisotopic (exact) mass is 291 g/mol. The molecule has 1 aromatic heterocycles. The highest BCUT2D eigenvalue weighted by Gasteiger charge is 2.09. The second-order valence-electron chi connectivity index (χ2n) is 4.12. The number of aliphatic hydroxyl groups is 1. The second kappa shape index (κ2) is 6.63. The van der Waals surface area contributed by atoms with Gasteiger partial charge in [0.2, 0.25) is 0 Å². The average molecular weight is 292 g/mol.